The molecule has 5 N–H and O–H groups in total. The summed E-state index contributed by atoms with van der Waals surface area (Å²) < 4.78 is 0. The van der Waals surface area contributed by atoms with Crippen molar-refractivity contribution >= 4 is 29.5 Å². The molecule has 0 bridgehead atoms. The number of nitrogens with two attached hydrogens (primary N) is 1. The maximum atomic E-state index is 13.5. The predicted octanol–water partition coefficient (Wildman–Crippen LogP) is 2.06. The number of nitrogens with one attached hydrogen (secondary N) is 3. The molecule has 0 spiro atoms. The van der Waals surface area contributed by atoms with Gasteiger partial charge in [0.15, 0.2) is 0 Å². The molecule has 3 atom stereocenters. The van der Waals surface area contributed by atoms with Crippen molar-refractivity contribution in [1.82, 2.24) is 15.5 Å². The highest BCUT2D eigenvalue weighted by molar-refractivity contribution is 6.07. The second-order valence-electron chi connectivity index (χ2n) is 8.70. The number of amidine groups is 1. The molecule has 0 aliphatic carbocycles. The molecule has 0 aromatic heterocycles. The van der Waals surface area contributed by atoms with E-state index in [0.29, 0.717) is 36.9 Å². The molecule has 1 heterocycles. The molecule has 1 saturated heterocycles. The molecule has 0 unspecified atom stereocenters. The highest BCUT2D eigenvalue weighted by Gasteiger charge is 2.39. The number of carbonyl (C=O) groups excluding carboxylic acids is 4. The van der Waals surface area contributed by atoms with Gasteiger partial charge in [-0.2, -0.15) is 0 Å². The second-order valence-corrected chi connectivity index (χ2v) is 8.70. The predicted molar refractivity (Wildman–Crippen MR) is 132 cm³/mol. The molecule has 9 heteroatoms. The highest BCUT2D eigenvalue weighted by atomic mass is 16.2. The summed E-state index contributed by atoms with van der Waals surface area (Å²) in [6.45, 7) is 4.18. The minimum absolute atomic E-state index is 0.122. The van der Waals surface area contributed by atoms with E-state index >= 15 is 0 Å². The van der Waals surface area contributed by atoms with Gasteiger partial charge in [0, 0.05) is 23.2 Å². The average Bonchev–Trinajstić information content (AvgIpc) is 3.37. The van der Waals surface area contributed by atoms with E-state index < -0.39 is 23.9 Å². The van der Waals surface area contributed by atoms with Crippen molar-refractivity contribution in [1.29, 1.82) is 5.41 Å². The van der Waals surface area contributed by atoms with Crippen LogP contribution in [0.15, 0.2) is 54.6 Å². The molecule has 1 fully saturated rings. The number of nitrogens with zero attached hydrogens (tertiary/aromatic N) is 1. The van der Waals surface area contributed by atoms with Crippen LogP contribution >= 0.6 is 0 Å². The van der Waals surface area contributed by atoms with E-state index in [4.69, 9.17) is 11.1 Å². The van der Waals surface area contributed by atoms with E-state index in [2.05, 4.69) is 10.6 Å². The summed E-state index contributed by atoms with van der Waals surface area (Å²) in [5, 5.41) is 12.7. The minimum atomic E-state index is -0.803. The maximum Gasteiger partial charge on any atom is 0.257 e. The van der Waals surface area contributed by atoms with Crippen LogP contribution in [-0.4, -0.2) is 53.0 Å². The van der Waals surface area contributed by atoms with Crippen LogP contribution in [0.4, 0.5) is 0 Å². The van der Waals surface area contributed by atoms with Crippen molar-refractivity contribution in [3.63, 3.8) is 0 Å². The van der Waals surface area contributed by atoms with Crippen LogP contribution in [0, 0.1) is 11.3 Å². The smallest absolute Gasteiger partial charge is 0.257 e. The molecule has 2 aromatic carbocycles. The summed E-state index contributed by atoms with van der Waals surface area (Å²) in [5.41, 5.74) is 6.59. The van der Waals surface area contributed by atoms with Crippen LogP contribution in [0.3, 0.4) is 0 Å². The van der Waals surface area contributed by atoms with Crippen LogP contribution in [0.2, 0.25) is 0 Å². The lowest BCUT2D eigenvalue weighted by Gasteiger charge is -2.31. The molecule has 2 aromatic rings. The summed E-state index contributed by atoms with van der Waals surface area (Å²) >= 11 is 0. The molecule has 9 nitrogen and oxygen atoms in total. The molecular weight excluding hydrogens is 446 g/mol. The summed E-state index contributed by atoms with van der Waals surface area (Å²) in [7, 11) is 0. The fourth-order valence-corrected chi connectivity index (χ4v) is 4.05. The fraction of sp³-hybridized carbons (Fsp3) is 0.346. The van der Waals surface area contributed by atoms with E-state index in [0.717, 1.165) is 0 Å². The van der Waals surface area contributed by atoms with Crippen LogP contribution in [-0.2, 0) is 9.59 Å². The van der Waals surface area contributed by atoms with Crippen LogP contribution < -0.4 is 16.4 Å². The zero-order valence-electron chi connectivity index (χ0n) is 19.9. The van der Waals surface area contributed by atoms with Crippen LogP contribution in [0.1, 0.15) is 59.4 Å². The summed E-state index contributed by atoms with van der Waals surface area (Å²) in [6, 6.07) is 13.1. The third kappa shape index (κ3) is 6.11. The number of hydrogen-bond acceptors (Lipinski definition) is 5. The molecule has 0 saturated carbocycles. The van der Waals surface area contributed by atoms with Gasteiger partial charge in [0.2, 0.25) is 11.8 Å². The first-order valence-corrected chi connectivity index (χ1v) is 11.7. The zero-order valence-corrected chi connectivity index (χ0v) is 19.9. The van der Waals surface area contributed by atoms with Gasteiger partial charge in [0.1, 0.15) is 17.9 Å². The Hall–Kier alpha value is -4.01. The van der Waals surface area contributed by atoms with Gasteiger partial charge in [0.25, 0.3) is 11.8 Å². The van der Waals surface area contributed by atoms with E-state index in [1.165, 1.54) is 29.2 Å². The Morgan fingerprint density at radius 2 is 1.60 bits per heavy atom. The number of likely N-dealkylation sites (tertiary alicyclic amines) is 1. The van der Waals surface area contributed by atoms with Gasteiger partial charge in [0.05, 0.1) is 0 Å². The third-order valence-corrected chi connectivity index (χ3v) is 6.33. The molecule has 1 aliphatic rings. The van der Waals surface area contributed by atoms with E-state index in [1.54, 1.807) is 30.3 Å². The standard InChI is InChI=1S/C26H31N5O4/c1-3-16(2)21(29-23(32)18-8-5-4-6-9-18)26(35)31-15-7-10-20(31)25(34)30-24(33)19-13-11-17(12-14-19)22(27)28/h4-6,8-9,11-14,16,20-21H,3,7,10,15H2,1-2H3,(H3,27,28)(H,29,32)(H,30,33,34)/t16-,20+,21-/m1/s1. The number of rotatable bonds is 8. The number of amides is 4. The Morgan fingerprint density at radius 3 is 2.20 bits per heavy atom. The van der Waals surface area contributed by atoms with Crippen molar-refractivity contribution < 1.29 is 19.2 Å². The maximum absolute atomic E-state index is 13.5. The minimum Gasteiger partial charge on any atom is -0.384 e. The van der Waals surface area contributed by atoms with Crippen LogP contribution in [0.5, 0.6) is 0 Å². The molecule has 184 valence electrons. The van der Waals surface area contributed by atoms with Crippen molar-refractivity contribution in [2.45, 2.75) is 45.2 Å². The third-order valence-electron chi connectivity index (χ3n) is 6.33. The molecule has 3 rings (SSSR count). The largest absolute Gasteiger partial charge is 0.384 e. The zero-order chi connectivity index (χ0) is 25.5. The molecular formula is C26H31N5O4. The lowest BCUT2D eigenvalue weighted by molar-refractivity contribution is -0.140. The molecule has 1 aliphatic heterocycles. The number of hydrogen-bond donors (Lipinski definition) is 4. The first-order chi connectivity index (χ1) is 16.7. The summed E-state index contributed by atoms with van der Waals surface area (Å²) in [4.78, 5) is 53.3. The molecule has 4 amide bonds. The SMILES string of the molecule is CC[C@@H](C)[C@@H](NC(=O)c1ccccc1)C(=O)N1CCC[C@H]1C(=O)NC(=O)c1ccc(C(=N)N)cc1. The van der Waals surface area contributed by atoms with E-state index in [9.17, 15) is 19.2 Å². The number of benzene rings is 2. The first kappa shape index (κ1) is 25.6. The van der Waals surface area contributed by atoms with Gasteiger partial charge >= 0.3 is 0 Å². The summed E-state index contributed by atoms with van der Waals surface area (Å²) in [5.74, 6) is -2.12. The van der Waals surface area contributed by atoms with Gasteiger partial charge in [-0.1, -0.05) is 50.6 Å². The summed E-state index contributed by atoms with van der Waals surface area (Å²) in [6.07, 6.45) is 1.70. The molecule has 0 radical (unpaired) electrons. The van der Waals surface area contributed by atoms with E-state index in [1.807, 2.05) is 13.8 Å². The highest BCUT2D eigenvalue weighted by Crippen LogP contribution is 2.22. The van der Waals surface area contributed by atoms with Gasteiger partial charge in [-0.15, -0.1) is 0 Å². The van der Waals surface area contributed by atoms with Crippen molar-refractivity contribution in [2.24, 2.45) is 11.7 Å². The Bertz CT molecular complexity index is 1100. The quantitative estimate of drug-likeness (QED) is 0.261. The Morgan fingerprint density at radius 1 is 1.00 bits per heavy atom. The number of carbonyl (C=O) groups is 4. The van der Waals surface area contributed by atoms with Crippen LogP contribution in [0.25, 0.3) is 0 Å². The monoisotopic (exact) mass is 477 g/mol. The van der Waals surface area contributed by atoms with Gasteiger partial charge in [-0.05, 0) is 43.0 Å². The van der Waals surface area contributed by atoms with Crippen molar-refractivity contribution in [3.8, 4) is 0 Å². The van der Waals surface area contributed by atoms with E-state index in [-0.39, 0.29) is 29.1 Å². The van der Waals surface area contributed by atoms with Gasteiger partial charge < -0.3 is 16.0 Å². The fourth-order valence-electron chi connectivity index (χ4n) is 4.05. The lowest BCUT2D eigenvalue weighted by atomic mass is 9.97. The van der Waals surface area contributed by atoms with Gasteiger partial charge in [-0.3, -0.25) is 29.9 Å². The Labute approximate surface area is 204 Å². The number of nitrogen functional groups attached to an aromatic ring is 1. The Kier molecular flexibility index (Phi) is 8.35. The second kappa shape index (κ2) is 11.4. The molecule has 35 heavy (non-hydrogen) atoms. The average molecular weight is 478 g/mol. The Balaban J connectivity index is 1.71. The topological polar surface area (TPSA) is 145 Å². The van der Waals surface area contributed by atoms with Crippen molar-refractivity contribution in [3.05, 3.63) is 71.3 Å². The van der Waals surface area contributed by atoms with Gasteiger partial charge in [-0.25, -0.2) is 0 Å². The lowest BCUT2D eigenvalue weighted by Crippen LogP contribution is -2.56. The first-order valence-electron chi connectivity index (χ1n) is 11.7. The number of imide groups is 1. The van der Waals surface area contributed by atoms with Crippen molar-refractivity contribution in [2.75, 3.05) is 6.54 Å². The normalized spacial score (nSPS) is 16.7.